The van der Waals surface area contributed by atoms with Crippen LogP contribution in [0.15, 0.2) is 130 Å². The van der Waals surface area contributed by atoms with Crippen LogP contribution in [0, 0.1) is 11.3 Å². The lowest BCUT2D eigenvalue weighted by Crippen LogP contribution is -2.38. The number of rotatable bonds is 27. The van der Waals surface area contributed by atoms with Gasteiger partial charge < -0.3 is 33.1 Å². The molecule has 66 heavy (non-hydrogen) atoms. The van der Waals surface area contributed by atoms with Crippen LogP contribution in [-0.2, 0) is 19.4 Å². The molecule has 12 heteroatoms. The molecule has 0 saturated heterocycles. The van der Waals surface area contributed by atoms with Gasteiger partial charge in [-0.25, -0.2) is 4.67 Å². The van der Waals surface area contributed by atoms with Crippen LogP contribution < -0.4 is 14.4 Å². The van der Waals surface area contributed by atoms with E-state index < -0.39 is 14.1 Å². The first-order valence-electron chi connectivity index (χ1n) is 23.7. The first-order valence-corrected chi connectivity index (χ1v) is 25.6. The number of hydrogen-bond acceptors (Lipinski definition) is 11. The predicted octanol–water partition coefficient (Wildman–Crippen LogP) is 13.1. The number of unbranched alkanes of at least 4 members (excludes halogenated alkanes) is 2. The van der Waals surface area contributed by atoms with Gasteiger partial charge in [-0.3, -0.25) is 4.99 Å². The van der Waals surface area contributed by atoms with E-state index in [4.69, 9.17) is 28.3 Å². The Bertz CT molecular complexity index is 2200. The summed E-state index contributed by atoms with van der Waals surface area (Å²) in [4.78, 5) is 12.5. The first-order chi connectivity index (χ1) is 32.1. The molecule has 1 aliphatic carbocycles. The third-order valence-electron chi connectivity index (χ3n) is 11.9. The van der Waals surface area contributed by atoms with E-state index in [1.54, 1.807) is 14.2 Å². The Morgan fingerprint density at radius 1 is 0.727 bits per heavy atom. The molecule has 0 spiro atoms. The Morgan fingerprint density at radius 2 is 1.32 bits per heavy atom. The van der Waals surface area contributed by atoms with Crippen LogP contribution in [0.1, 0.15) is 96.8 Å². The van der Waals surface area contributed by atoms with Crippen molar-refractivity contribution >= 4 is 37.4 Å². The summed E-state index contributed by atoms with van der Waals surface area (Å²) in [6.45, 7) is 17.6. The summed E-state index contributed by atoms with van der Waals surface area (Å²) >= 11 is 1.82. The maximum Gasteiger partial charge on any atom is 0.259 e. The largest absolute Gasteiger partial charge is 0.497 e. The molecule has 4 aromatic rings. The summed E-state index contributed by atoms with van der Waals surface area (Å²) in [5.41, 5.74) is 6.52. The second kappa shape index (κ2) is 25.5. The maximum absolute atomic E-state index is 9.34. The molecular weight excluding hydrogens is 862 g/mol. The lowest BCUT2D eigenvalue weighted by molar-refractivity contribution is 0.00374. The molecule has 0 N–H and O–H groups in total. The van der Waals surface area contributed by atoms with E-state index in [9.17, 15) is 5.26 Å². The number of nitriles is 1. The van der Waals surface area contributed by atoms with Gasteiger partial charge in [-0.2, -0.15) is 5.26 Å². The van der Waals surface area contributed by atoms with Crippen molar-refractivity contribution in [1.29, 1.82) is 5.26 Å². The Labute approximate surface area is 400 Å². The summed E-state index contributed by atoms with van der Waals surface area (Å²) < 4.78 is 33.9. The number of aliphatic imine (C=N–C) groups is 1. The van der Waals surface area contributed by atoms with E-state index in [0.29, 0.717) is 39.3 Å². The summed E-state index contributed by atoms with van der Waals surface area (Å²) in [5.74, 6) is 1.55. The Hall–Kier alpha value is -4.66. The Morgan fingerprint density at radius 3 is 1.89 bits per heavy atom. The highest BCUT2D eigenvalue weighted by Crippen LogP contribution is 2.47. The summed E-state index contributed by atoms with van der Waals surface area (Å²) in [7, 11) is 1.96. The van der Waals surface area contributed by atoms with Gasteiger partial charge in [0.05, 0.1) is 57.9 Å². The molecule has 4 aromatic carbocycles. The highest BCUT2D eigenvalue weighted by atomic mass is 32.2. The standard InChI is InChI=1S/C54H70N5O5PS/c1-9-11-32-57(33-12-10-2)46-23-29-50-52(39-46)66-53-40-47(24-30-51(53)56-50)58(35-38-64-65(63-36-16-31-55)59(41(3)4)42(5)6)34-37-62-54(43-17-14-13-15-18-43,44-19-25-48(60-7)26-20-44)45-21-27-49(61-8)28-22-45/h13-15,17-29,39-42H,9-12,16,30,32-38H2,1-8H3. The van der Waals surface area contributed by atoms with Gasteiger partial charge in [-0.15, -0.1) is 0 Å². The number of ether oxygens (including phenoxy) is 3. The number of benzene rings is 4. The number of nitrogens with zero attached hydrogens (tertiary/aromatic N) is 5. The minimum absolute atomic E-state index is 0.199. The van der Waals surface area contributed by atoms with Gasteiger partial charge in [-0.05, 0) is 106 Å². The number of hydrogen-bond donors (Lipinski definition) is 0. The molecule has 0 amide bonds. The van der Waals surface area contributed by atoms with Gasteiger partial charge in [0.1, 0.15) is 17.1 Å². The number of fused-ring (bicyclic) bond motifs is 2. The minimum atomic E-state index is -1.41. The summed E-state index contributed by atoms with van der Waals surface area (Å²) in [6.07, 6.45) is 10.3. The van der Waals surface area contributed by atoms with E-state index in [-0.39, 0.29) is 12.1 Å². The Kier molecular flexibility index (Phi) is 19.6. The summed E-state index contributed by atoms with van der Waals surface area (Å²) in [6, 6.07) is 36.2. The zero-order valence-corrected chi connectivity index (χ0v) is 42.1. The van der Waals surface area contributed by atoms with Gasteiger partial charge in [0, 0.05) is 65.9 Å². The van der Waals surface area contributed by atoms with Gasteiger partial charge >= 0.3 is 0 Å². The molecule has 0 saturated carbocycles. The van der Waals surface area contributed by atoms with Gasteiger partial charge in [0.2, 0.25) is 0 Å². The van der Waals surface area contributed by atoms with Gasteiger partial charge in [0.15, 0.2) is 0 Å². The normalized spacial score (nSPS) is 13.9. The highest BCUT2D eigenvalue weighted by molar-refractivity contribution is 8.04. The van der Waals surface area contributed by atoms with Crippen molar-refractivity contribution in [2.24, 2.45) is 4.99 Å². The topological polar surface area (TPSA) is 92.0 Å². The molecule has 1 unspecified atom stereocenters. The molecule has 1 atom stereocenters. The molecule has 10 nitrogen and oxygen atoms in total. The predicted molar refractivity (Wildman–Crippen MR) is 273 cm³/mol. The second-order valence-corrected chi connectivity index (χ2v) is 19.6. The van der Waals surface area contributed by atoms with Crippen molar-refractivity contribution in [3.05, 3.63) is 137 Å². The average Bonchev–Trinajstić information content (AvgIpc) is 3.34. The van der Waals surface area contributed by atoms with Crippen LogP contribution in [0.3, 0.4) is 0 Å². The first kappa shape index (κ1) is 50.7. The molecule has 0 fully saturated rings. The molecule has 0 radical (unpaired) electrons. The van der Waals surface area contributed by atoms with Gasteiger partial charge in [0.25, 0.3) is 8.53 Å². The van der Waals surface area contributed by atoms with Crippen molar-refractivity contribution in [1.82, 2.24) is 9.57 Å². The van der Waals surface area contributed by atoms with Crippen LogP contribution in [-0.4, -0.2) is 87.6 Å². The monoisotopic (exact) mass is 931 g/mol. The molecule has 1 aliphatic heterocycles. The number of allylic oxidation sites excluding steroid dienone is 3. The molecule has 0 aromatic heterocycles. The quantitative estimate of drug-likeness (QED) is 0.0327. The third kappa shape index (κ3) is 12.9. The molecule has 6 rings (SSSR count). The summed E-state index contributed by atoms with van der Waals surface area (Å²) in [5, 5.41) is 9.34. The van der Waals surface area contributed by atoms with E-state index in [1.807, 2.05) is 42.1 Å². The Balaban J connectivity index is 1.33. The fourth-order valence-electron chi connectivity index (χ4n) is 8.49. The van der Waals surface area contributed by atoms with E-state index in [1.165, 1.54) is 41.2 Å². The minimum Gasteiger partial charge on any atom is -0.497 e. The smallest absolute Gasteiger partial charge is 0.259 e. The lowest BCUT2D eigenvalue weighted by atomic mass is 9.80. The third-order valence-corrected chi connectivity index (χ3v) is 15.1. The molecule has 1 heterocycles. The van der Waals surface area contributed by atoms with Crippen molar-refractivity contribution in [2.45, 2.75) is 103 Å². The fraction of sp³-hybridized carbons (Fsp3) is 0.444. The number of anilines is 1. The zero-order chi connectivity index (χ0) is 46.9. The van der Waals surface area contributed by atoms with Gasteiger partial charge in [-0.1, -0.05) is 99.1 Å². The molecule has 0 bridgehead atoms. The van der Waals surface area contributed by atoms with Crippen LogP contribution in [0.5, 0.6) is 11.5 Å². The average molecular weight is 932 g/mol. The second-order valence-electron chi connectivity index (χ2n) is 17.1. The van der Waals surface area contributed by atoms with Crippen molar-refractivity contribution in [3.63, 3.8) is 0 Å². The van der Waals surface area contributed by atoms with Crippen LogP contribution >= 0.6 is 20.3 Å². The molecule has 352 valence electrons. The van der Waals surface area contributed by atoms with E-state index in [2.05, 4.69) is 141 Å². The van der Waals surface area contributed by atoms with Crippen LogP contribution in [0.4, 0.5) is 11.4 Å². The maximum atomic E-state index is 9.34. The zero-order valence-electron chi connectivity index (χ0n) is 40.4. The van der Waals surface area contributed by atoms with Crippen LogP contribution in [0.25, 0.3) is 0 Å². The van der Waals surface area contributed by atoms with Crippen LogP contribution in [0.2, 0.25) is 0 Å². The number of methoxy groups -OCH3 is 2. The fourth-order valence-corrected chi connectivity index (χ4v) is 11.1. The molecule has 2 aliphatic rings. The van der Waals surface area contributed by atoms with Crippen molar-refractivity contribution in [3.8, 4) is 17.6 Å². The lowest BCUT2D eigenvalue weighted by Gasteiger charge is -2.38. The van der Waals surface area contributed by atoms with E-state index in [0.717, 1.165) is 64.8 Å². The SMILES string of the molecule is CCCCN(CCCC)c1ccc2c(c1)SC1=CC(N(CCOP(OCCC#N)N(C(C)C)C(C)C)CCOC(c3ccccc3)(c3ccc(OC)cc3)c3ccc(OC)cc3)=CCC1=N2. The van der Waals surface area contributed by atoms with E-state index >= 15 is 0 Å². The van der Waals surface area contributed by atoms with Crippen molar-refractivity contribution in [2.75, 3.05) is 65.1 Å². The van der Waals surface area contributed by atoms with Crippen molar-refractivity contribution < 1.29 is 23.3 Å². The molecular formula is C54H70N5O5PS. The highest BCUT2D eigenvalue weighted by Gasteiger charge is 2.38. The number of thioether (sulfide) groups is 1.